The number of hydrogen-bond donors (Lipinski definition) is 3. The van der Waals surface area contributed by atoms with Gasteiger partial charge >= 0.3 is 11.9 Å². The average molecular weight is 345 g/mol. The minimum absolute atomic E-state index is 0.0808. The number of nitrogens with zero attached hydrogens (tertiary/aromatic N) is 1. The molecule has 3 fully saturated rings. The van der Waals surface area contributed by atoms with Gasteiger partial charge in [-0.2, -0.15) is 0 Å². The van der Waals surface area contributed by atoms with Crippen molar-refractivity contribution < 1.29 is 19.8 Å². The van der Waals surface area contributed by atoms with Gasteiger partial charge < -0.3 is 15.5 Å². The number of nitrogens with one attached hydrogen (secondary N) is 1. The van der Waals surface area contributed by atoms with Gasteiger partial charge in [0.2, 0.25) is 0 Å². The first-order valence-electron chi connectivity index (χ1n) is 8.51. The SMILES string of the molecule is O=C(O)C1CC2CC(CN3CC(Cl)CC3C(=O)O)CCC2CN1. The third kappa shape index (κ3) is 3.80. The van der Waals surface area contributed by atoms with E-state index < -0.39 is 24.0 Å². The van der Waals surface area contributed by atoms with E-state index in [4.69, 9.17) is 11.6 Å². The molecule has 3 rings (SSSR count). The summed E-state index contributed by atoms with van der Waals surface area (Å²) >= 11 is 6.15. The van der Waals surface area contributed by atoms with E-state index in [0.29, 0.717) is 37.1 Å². The number of likely N-dealkylation sites (tertiary alicyclic amines) is 1. The zero-order valence-corrected chi connectivity index (χ0v) is 13.9. The molecule has 130 valence electrons. The lowest BCUT2D eigenvalue weighted by molar-refractivity contribution is -0.143. The third-order valence-corrected chi connectivity index (χ3v) is 6.16. The second-order valence-corrected chi connectivity index (χ2v) is 7.99. The Labute approximate surface area is 141 Å². The largest absolute Gasteiger partial charge is 0.480 e. The van der Waals surface area contributed by atoms with Gasteiger partial charge in [-0.05, 0) is 56.4 Å². The van der Waals surface area contributed by atoms with Gasteiger partial charge in [-0.1, -0.05) is 0 Å². The molecule has 0 aromatic heterocycles. The number of halogens is 1. The molecular formula is C16H25ClN2O4. The Hall–Kier alpha value is -0.850. The van der Waals surface area contributed by atoms with Gasteiger partial charge in [0.15, 0.2) is 0 Å². The van der Waals surface area contributed by atoms with Gasteiger partial charge in [0, 0.05) is 18.5 Å². The van der Waals surface area contributed by atoms with Crippen LogP contribution in [-0.2, 0) is 9.59 Å². The molecule has 3 N–H and O–H groups in total. The van der Waals surface area contributed by atoms with Crippen molar-refractivity contribution in [2.45, 2.75) is 49.6 Å². The standard InChI is InChI=1S/C16H25ClN2O4/c17-12-5-14(16(22)23)19(8-12)7-9-1-2-10-6-18-13(15(20)21)4-11(10)3-9/h9-14,18H,1-8H2,(H,20,21)(H,22,23). The Morgan fingerprint density at radius 1 is 1.09 bits per heavy atom. The summed E-state index contributed by atoms with van der Waals surface area (Å²) in [7, 11) is 0. The highest BCUT2D eigenvalue weighted by Crippen LogP contribution is 2.39. The maximum Gasteiger partial charge on any atom is 0.320 e. The number of piperidine rings is 1. The molecule has 2 aliphatic heterocycles. The quantitative estimate of drug-likeness (QED) is 0.665. The molecule has 2 heterocycles. The van der Waals surface area contributed by atoms with E-state index in [1.807, 2.05) is 4.90 Å². The number of aliphatic carboxylic acids is 2. The lowest BCUT2D eigenvalue weighted by Crippen LogP contribution is -2.50. The molecular weight excluding hydrogens is 320 g/mol. The molecule has 3 aliphatic rings. The summed E-state index contributed by atoms with van der Waals surface area (Å²) in [5, 5.41) is 21.6. The van der Waals surface area contributed by atoms with Crippen LogP contribution in [0.15, 0.2) is 0 Å². The summed E-state index contributed by atoms with van der Waals surface area (Å²) in [5.74, 6) is -0.0893. The van der Waals surface area contributed by atoms with Gasteiger partial charge in [-0.25, -0.2) is 0 Å². The number of fused-ring (bicyclic) bond motifs is 1. The van der Waals surface area contributed by atoms with E-state index in [2.05, 4.69) is 5.32 Å². The highest BCUT2D eigenvalue weighted by Gasteiger charge is 2.41. The molecule has 1 aliphatic carbocycles. The molecule has 2 saturated heterocycles. The molecule has 23 heavy (non-hydrogen) atoms. The van der Waals surface area contributed by atoms with Gasteiger partial charge in [0.25, 0.3) is 0 Å². The second kappa shape index (κ2) is 6.95. The normalized spacial score (nSPS) is 41.4. The third-order valence-electron chi connectivity index (χ3n) is 5.84. The topological polar surface area (TPSA) is 89.9 Å². The molecule has 0 radical (unpaired) electrons. The Kier molecular flexibility index (Phi) is 5.13. The Bertz CT molecular complexity index is 475. The summed E-state index contributed by atoms with van der Waals surface area (Å²) in [6.45, 7) is 2.20. The van der Waals surface area contributed by atoms with E-state index in [1.165, 1.54) is 0 Å². The summed E-state index contributed by atoms with van der Waals surface area (Å²) in [6, 6.07) is -0.893. The predicted molar refractivity (Wildman–Crippen MR) is 85.6 cm³/mol. The van der Waals surface area contributed by atoms with Crippen molar-refractivity contribution in [2.24, 2.45) is 17.8 Å². The molecule has 6 unspecified atom stereocenters. The summed E-state index contributed by atoms with van der Waals surface area (Å²) in [6.07, 6.45) is 4.41. The van der Waals surface area contributed by atoms with E-state index >= 15 is 0 Å². The first-order chi connectivity index (χ1) is 10.9. The first-order valence-corrected chi connectivity index (χ1v) is 8.94. The Morgan fingerprint density at radius 2 is 1.87 bits per heavy atom. The molecule has 0 aromatic carbocycles. The van der Waals surface area contributed by atoms with Crippen LogP contribution in [0.2, 0.25) is 0 Å². The lowest BCUT2D eigenvalue weighted by atomic mass is 9.69. The molecule has 6 nitrogen and oxygen atoms in total. The fourth-order valence-corrected chi connectivity index (χ4v) is 5.00. The summed E-state index contributed by atoms with van der Waals surface area (Å²) in [4.78, 5) is 24.6. The molecule has 0 amide bonds. The van der Waals surface area contributed by atoms with Crippen LogP contribution < -0.4 is 5.32 Å². The van der Waals surface area contributed by atoms with Crippen molar-refractivity contribution in [1.29, 1.82) is 0 Å². The number of rotatable bonds is 4. The zero-order valence-electron chi connectivity index (χ0n) is 13.2. The van der Waals surface area contributed by atoms with Crippen LogP contribution in [0.4, 0.5) is 0 Å². The zero-order chi connectivity index (χ0) is 16.6. The monoisotopic (exact) mass is 344 g/mol. The predicted octanol–water partition coefficient (Wildman–Crippen LogP) is 1.23. The Balaban J connectivity index is 1.57. The minimum Gasteiger partial charge on any atom is -0.480 e. The van der Waals surface area contributed by atoms with Crippen LogP contribution >= 0.6 is 11.6 Å². The maximum absolute atomic E-state index is 11.4. The molecule has 0 spiro atoms. The van der Waals surface area contributed by atoms with Crippen molar-refractivity contribution in [2.75, 3.05) is 19.6 Å². The van der Waals surface area contributed by atoms with Crippen LogP contribution in [0.3, 0.4) is 0 Å². The van der Waals surface area contributed by atoms with Gasteiger partial charge in [-0.15, -0.1) is 11.6 Å². The fourth-order valence-electron chi connectivity index (χ4n) is 4.65. The van der Waals surface area contributed by atoms with Crippen LogP contribution in [0.5, 0.6) is 0 Å². The van der Waals surface area contributed by atoms with E-state index in [9.17, 15) is 19.8 Å². The van der Waals surface area contributed by atoms with Gasteiger partial charge in [0.1, 0.15) is 12.1 Å². The average Bonchev–Trinajstić information content (AvgIpc) is 2.87. The fraction of sp³-hybridized carbons (Fsp3) is 0.875. The lowest BCUT2D eigenvalue weighted by Gasteiger charge is -2.42. The number of carbonyl (C=O) groups is 2. The van der Waals surface area contributed by atoms with Crippen LogP contribution in [0, 0.1) is 17.8 Å². The molecule has 0 aromatic rings. The van der Waals surface area contributed by atoms with E-state index in [0.717, 1.165) is 32.4 Å². The van der Waals surface area contributed by atoms with Crippen molar-refractivity contribution >= 4 is 23.5 Å². The van der Waals surface area contributed by atoms with Crippen molar-refractivity contribution in [1.82, 2.24) is 10.2 Å². The number of hydrogen-bond acceptors (Lipinski definition) is 4. The number of carboxylic acids is 2. The van der Waals surface area contributed by atoms with Gasteiger partial charge in [0.05, 0.1) is 0 Å². The van der Waals surface area contributed by atoms with Crippen molar-refractivity contribution in [3.63, 3.8) is 0 Å². The molecule has 1 saturated carbocycles. The second-order valence-electron chi connectivity index (χ2n) is 7.37. The molecule has 6 atom stereocenters. The van der Waals surface area contributed by atoms with Crippen LogP contribution in [0.25, 0.3) is 0 Å². The highest BCUT2D eigenvalue weighted by atomic mass is 35.5. The smallest absolute Gasteiger partial charge is 0.320 e. The van der Waals surface area contributed by atoms with E-state index in [1.54, 1.807) is 0 Å². The first kappa shape index (κ1) is 17.0. The number of carboxylic acid groups (broad SMARTS) is 2. The minimum atomic E-state index is -0.783. The highest BCUT2D eigenvalue weighted by molar-refractivity contribution is 6.21. The van der Waals surface area contributed by atoms with Crippen molar-refractivity contribution in [3.05, 3.63) is 0 Å². The maximum atomic E-state index is 11.4. The summed E-state index contributed by atoms with van der Waals surface area (Å²) < 4.78 is 0. The summed E-state index contributed by atoms with van der Waals surface area (Å²) in [5.41, 5.74) is 0. The van der Waals surface area contributed by atoms with E-state index in [-0.39, 0.29) is 5.38 Å². The molecule has 7 heteroatoms. The van der Waals surface area contributed by atoms with Crippen LogP contribution in [0.1, 0.15) is 32.1 Å². The van der Waals surface area contributed by atoms with Crippen LogP contribution in [-0.4, -0.2) is 64.1 Å². The van der Waals surface area contributed by atoms with Crippen molar-refractivity contribution in [3.8, 4) is 0 Å². The Morgan fingerprint density at radius 3 is 2.57 bits per heavy atom. The molecule has 0 bridgehead atoms. The van der Waals surface area contributed by atoms with Gasteiger partial charge in [-0.3, -0.25) is 14.5 Å². The number of alkyl halides is 1.